The Morgan fingerprint density at radius 1 is 1.21 bits per heavy atom. The number of aryl methyl sites for hydroxylation is 1. The van der Waals surface area contributed by atoms with E-state index in [4.69, 9.17) is 11.6 Å². The van der Waals surface area contributed by atoms with Gasteiger partial charge in [-0.15, -0.1) is 0 Å². The third-order valence-corrected chi connectivity index (χ3v) is 5.11. The van der Waals surface area contributed by atoms with Gasteiger partial charge in [-0.3, -0.25) is 9.36 Å². The minimum atomic E-state index is -4.81. The molecule has 0 atom stereocenters. The van der Waals surface area contributed by atoms with Crippen molar-refractivity contribution in [3.63, 3.8) is 0 Å². The zero-order chi connectivity index (χ0) is 22.7. The van der Waals surface area contributed by atoms with Crippen LogP contribution in [0.25, 0.3) is 11.8 Å². The number of benzene rings is 1. The molecule has 11 heteroatoms. The minimum absolute atomic E-state index is 0.179. The third-order valence-electron chi connectivity index (χ3n) is 3.82. The van der Waals surface area contributed by atoms with E-state index in [1.807, 2.05) is 38.2 Å². The normalized spacial score (nSPS) is 12.1. The van der Waals surface area contributed by atoms with Crippen LogP contribution in [0.4, 0.5) is 13.2 Å². The molecule has 0 amide bonds. The summed E-state index contributed by atoms with van der Waals surface area (Å²) in [6.45, 7) is 4.10. The van der Waals surface area contributed by atoms with E-state index in [1.165, 1.54) is 6.07 Å². The Morgan fingerprint density at radius 2 is 1.76 bits per heavy atom. The Labute approximate surface area is 194 Å². The van der Waals surface area contributed by atoms with Crippen LogP contribution >= 0.6 is 37.5 Å². The quantitative estimate of drug-likeness (QED) is 0.264. The SMILES string of the molecule is C=P(C)(C)/C=C/c1cc(-n2c(=O)cc(C(F)(F)F)n(C)c2=O)c(C)cc1Cl.[Ag][I]. The van der Waals surface area contributed by atoms with Crippen molar-refractivity contribution in [2.75, 3.05) is 13.3 Å². The molecule has 0 aliphatic heterocycles. The summed E-state index contributed by atoms with van der Waals surface area (Å²) >= 11 is 11.1. The molecular weight excluding hydrogens is 634 g/mol. The van der Waals surface area contributed by atoms with E-state index in [9.17, 15) is 22.8 Å². The van der Waals surface area contributed by atoms with Crippen LogP contribution in [0.2, 0.25) is 5.02 Å². The van der Waals surface area contributed by atoms with Crippen LogP contribution in [0.5, 0.6) is 0 Å². The first-order valence-electron chi connectivity index (χ1n) is 7.92. The monoisotopic (exact) mass is 652 g/mol. The Balaban J connectivity index is 0.00000204. The molecule has 1 aromatic heterocycles. The first-order valence-corrected chi connectivity index (χ1v) is 15.6. The van der Waals surface area contributed by atoms with E-state index in [1.54, 1.807) is 19.1 Å². The van der Waals surface area contributed by atoms with E-state index < -0.39 is 30.0 Å². The van der Waals surface area contributed by atoms with Gasteiger partial charge in [0.15, 0.2) is 0 Å². The van der Waals surface area contributed by atoms with Crippen LogP contribution in [-0.4, -0.2) is 28.8 Å². The topological polar surface area (TPSA) is 44.0 Å². The van der Waals surface area contributed by atoms with Crippen molar-refractivity contribution < 1.29 is 30.4 Å². The van der Waals surface area contributed by atoms with Gasteiger partial charge in [0.1, 0.15) is 5.69 Å². The number of hydrogen-bond acceptors (Lipinski definition) is 2. The summed E-state index contributed by atoms with van der Waals surface area (Å²) in [6, 6.07) is 3.49. The predicted molar refractivity (Wildman–Crippen MR) is 121 cm³/mol. The average molecular weight is 654 g/mol. The molecular formula is C18H19AgClF3IN2O2P. The summed E-state index contributed by atoms with van der Waals surface area (Å²) in [7, 11) is 0.975. The number of nitrogens with zero attached hydrogens (tertiary/aromatic N) is 2. The Bertz CT molecular complexity index is 1100. The van der Waals surface area contributed by atoms with Crippen LogP contribution < -0.4 is 11.2 Å². The molecule has 1 aromatic carbocycles. The molecule has 29 heavy (non-hydrogen) atoms. The molecule has 0 fully saturated rings. The second kappa shape index (κ2) is 10.2. The maximum absolute atomic E-state index is 13.0. The van der Waals surface area contributed by atoms with Gasteiger partial charge in [-0.2, -0.15) is 13.2 Å². The van der Waals surface area contributed by atoms with Crippen LogP contribution in [0.1, 0.15) is 16.8 Å². The number of halogens is 5. The summed E-state index contributed by atoms with van der Waals surface area (Å²) in [5.41, 5.74) is -2.23. The van der Waals surface area contributed by atoms with Crippen LogP contribution in [0.3, 0.4) is 0 Å². The first kappa shape index (κ1) is 26.5. The van der Waals surface area contributed by atoms with Crippen molar-refractivity contribution in [1.82, 2.24) is 9.13 Å². The fourth-order valence-electron chi connectivity index (χ4n) is 2.45. The molecule has 0 saturated heterocycles. The van der Waals surface area contributed by atoms with Gasteiger partial charge in [-0.25, -0.2) is 9.36 Å². The summed E-state index contributed by atoms with van der Waals surface area (Å²) in [6.07, 6.45) is 0.987. The zero-order valence-corrected chi connectivity index (χ0v) is 21.2. The van der Waals surface area contributed by atoms with Crippen molar-refractivity contribution in [2.24, 2.45) is 7.05 Å². The molecule has 0 saturated carbocycles. The summed E-state index contributed by atoms with van der Waals surface area (Å²) < 4.78 is 40.2. The zero-order valence-electron chi connectivity index (χ0n) is 15.9. The molecule has 1 heterocycles. The predicted octanol–water partition coefficient (Wildman–Crippen LogP) is 5.08. The average Bonchev–Trinajstić information content (AvgIpc) is 2.59. The number of alkyl halides is 3. The van der Waals surface area contributed by atoms with Gasteiger partial charge in [0.2, 0.25) is 0 Å². The van der Waals surface area contributed by atoms with Crippen molar-refractivity contribution in [3.8, 4) is 5.69 Å². The summed E-state index contributed by atoms with van der Waals surface area (Å²) in [5.74, 6) is 1.90. The molecule has 0 spiro atoms. The van der Waals surface area contributed by atoms with Gasteiger partial charge in [0, 0.05) is 18.1 Å². The standard InChI is InChI=1S/C18H19ClF3N2O2P.Ag.HI/c1-11-8-13(19)12(6-7-27(3,4)5)9-14(11)24-16(25)10-15(18(20,21)22)23(2)17(24)26;;/h6-10H,3H2,1-2,4-5H3;;1H/q;+1;/p-1/b7-6+;;. The van der Waals surface area contributed by atoms with Gasteiger partial charge in [-0.05, 0) is 43.5 Å². The summed E-state index contributed by atoms with van der Waals surface area (Å²) in [4.78, 5) is 24.8. The Kier molecular flexibility index (Phi) is 9.33. The molecule has 164 valence electrons. The number of rotatable bonds is 3. The van der Waals surface area contributed by atoms with Crippen LogP contribution in [-0.2, 0) is 30.5 Å². The fourth-order valence-corrected chi connectivity index (χ4v) is 3.29. The van der Waals surface area contributed by atoms with Gasteiger partial charge >= 0.3 is 48.1 Å². The van der Waals surface area contributed by atoms with Crippen molar-refractivity contribution in [2.45, 2.75) is 13.1 Å². The van der Waals surface area contributed by atoms with Crippen molar-refractivity contribution in [1.29, 1.82) is 0 Å². The van der Waals surface area contributed by atoms with Gasteiger partial charge in [0.25, 0.3) is 5.56 Å². The molecule has 0 aliphatic rings. The molecule has 4 nitrogen and oxygen atoms in total. The molecule has 2 aromatic rings. The second-order valence-corrected chi connectivity index (χ2v) is 11.1. The fraction of sp³-hybridized carbons (Fsp3) is 0.278. The Morgan fingerprint density at radius 3 is 2.24 bits per heavy atom. The third kappa shape index (κ3) is 6.74. The maximum atomic E-state index is 13.0. The molecule has 2 rings (SSSR count). The van der Waals surface area contributed by atoms with E-state index in [-0.39, 0.29) is 5.69 Å². The molecule has 0 bridgehead atoms. The van der Waals surface area contributed by atoms with E-state index in [0.29, 0.717) is 31.4 Å². The molecule has 0 unspecified atom stereocenters. The molecule has 0 aliphatic carbocycles. The number of aromatic nitrogens is 2. The van der Waals surface area contributed by atoms with Gasteiger partial charge in [-0.1, -0.05) is 36.7 Å². The van der Waals surface area contributed by atoms with Crippen molar-refractivity contribution in [3.05, 3.63) is 66.7 Å². The van der Waals surface area contributed by atoms with Crippen LogP contribution in [0, 0.1) is 6.92 Å². The molecule has 0 N–H and O–H groups in total. The van der Waals surface area contributed by atoms with E-state index in [0.717, 1.165) is 7.05 Å². The number of hydrogen-bond donors (Lipinski definition) is 0. The first-order chi connectivity index (χ1) is 13.2. The summed E-state index contributed by atoms with van der Waals surface area (Å²) in [5, 5.41) is 0.401. The van der Waals surface area contributed by atoms with Gasteiger partial charge < -0.3 is 0 Å². The van der Waals surface area contributed by atoms with E-state index >= 15 is 0 Å². The second-order valence-electron chi connectivity index (χ2n) is 6.80. The molecule has 0 radical (unpaired) electrons. The Hall–Kier alpha value is -0.510. The van der Waals surface area contributed by atoms with Gasteiger partial charge in [0.05, 0.1) is 5.69 Å². The van der Waals surface area contributed by atoms with Crippen LogP contribution in [0.15, 0.2) is 33.6 Å². The van der Waals surface area contributed by atoms with Crippen molar-refractivity contribution >= 4 is 49.9 Å². The van der Waals surface area contributed by atoms with E-state index in [2.05, 4.69) is 23.6 Å².